The summed E-state index contributed by atoms with van der Waals surface area (Å²) in [5.41, 5.74) is 9.83. The predicted molar refractivity (Wildman–Crippen MR) is 130 cm³/mol. The summed E-state index contributed by atoms with van der Waals surface area (Å²) in [6, 6.07) is 9.65. The van der Waals surface area contributed by atoms with Crippen molar-refractivity contribution in [1.29, 1.82) is 0 Å². The number of nitrogens with two attached hydrogens (primary N) is 1. The van der Waals surface area contributed by atoms with Crippen LogP contribution in [0.3, 0.4) is 0 Å². The Morgan fingerprint density at radius 2 is 1.74 bits per heavy atom. The van der Waals surface area contributed by atoms with Gasteiger partial charge < -0.3 is 16.2 Å². The molecule has 31 heavy (non-hydrogen) atoms. The van der Waals surface area contributed by atoms with Crippen LogP contribution in [-0.4, -0.2) is 28.0 Å². The molecule has 0 radical (unpaired) electrons. The molecular weight excluding hydrogens is 457 g/mol. The van der Waals surface area contributed by atoms with Crippen molar-refractivity contribution < 1.29 is 9.90 Å². The van der Waals surface area contributed by atoms with Crippen molar-refractivity contribution in [3.63, 3.8) is 0 Å². The molecule has 3 aromatic rings. The van der Waals surface area contributed by atoms with Gasteiger partial charge in [0.25, 0.3) is 0 Å². The molecule has 1 fully saturated rings. The number of Topliss-reactive ketones (excluding diaryl/α,β-unsaturated/α-hetero) is 1. The smallest absolute Gasteiger partial charge is 0.163 e. The first-order valence-corrected chi connectivity index (χ1v) is 10.7. The first kappa shape index (κ1) is 23.6. The number of aromatic nitrogens is 1. The average molecular weight is 481 g/mol. The van der Waals surface area contributed by atoms with E-state index in [9.17, 15) is 9.90 Å². The number of hydrogen-bond acceptors (Lipinski definition) is 5. The third-order valence-corrected chi connectivity index (χ3v) is 6.29. The highest BCUT2D eigenvalue weighted by Gasteiger charge is 2.22. The maximum atomic E-state index is 12.3. The number of carbonyl (C=O) groups excluding carboxylic acids is 1. The Bertz CT molecular complexity index is 1110. The fraction of sp³-hybridized carbons (Fsp3) is 0.304. The van der Waals surface area contributed by atoms with Gasteiger partial charge in [-0.2, -0.15) is 0 Å². The van der Waals surface area contributed by atoms with E-state index >= 15 is 0 Å². The molecule has 1 aliphatic rings. The fourth-order valence-corrected chi connectivity index (χ4v) is 4.48. The number of aromatic hydroxyl groups is 1. The molecule has 0 aliphatic heterocycles. The largest absolute Gasteiger partial charge is 0.505 e. The highest BCUT2D eigenvalue weighted by Crippen LogP contribution is 2.38. The van der Waals surface area contributed by atoms with E-state index in [0.29, 0.717) is 5.56 Å². The zero-order chi connectivity index (χ0) is 21.4. The van der Waals surface area contributed by atoms with Crippen molar-refractivity contribution in [3.05, 3.63) is 52.1 Å². The first-order chi connectivity index (χ1) is 14.3. The SMILES string of the molecule is CC(=O)c1cnc2ccc(-c3cc(Cl)c(O)c(Cl)c3)cc2c1NC1CCC(N)CC1.Cl. The molecule has 2 aromatic carbocycles. The van der Waals surface area contributed by atoms with E-state index in [4.69, 9.17) is 28.9 Å². The Morgan fingerprint density at radius 1 is 1.10 bits per heavy atom. The number of fused-ring (bicyclic) bond motifs is 1. The Kier molecular flexibility index (Phi) is 7.32. The summed E-state index contributed by atoms with van der Waals surface area (Å²) in [6.45, 7) is 1.55. The Balaban J connectivity index is 0.00000272. The van der Waals surface area contributed by atoms with Gasteiger partial charge in [-0.3, -0.25) is 9.78 Å². The highest BCUT2D eigenvalue weighted by molar-refractivity contribution is 6.37. The minimum Gasteiger partial charge on any atom is -0.505 e. The van der Waals surface area contributed by atoms with Crippen LogP contribution in [0.5, 0.6) is 5.75 Å². The monoisotopic (exact) mass is 479 g/mol. The molecule has 0 spiro atoms. The van der Waals surface area contributed by atoms with Gasteiger partial charge >= 0.3 is 0 Å². The molecule has 1 aliphatic carbocycles. The second-order valence-electron chi connectivity index (χ2n) is 7.88. The lowest BCUT2D eigenvalue weighted by atomic mass is 9.91. The number of carbonyl (C=O) groups is 1. The third kappa shape index (κ3) is 4.90. The number of ketones is 1. The summed E-state index contributed by atoms with van der Waals surface area (Å²) in [5, 5.41) is 14.7. The van der Waals surface area contributed by atoms with E-state index < -0.39 is 0 Å². The van der Waals surface area contributed by atoms with Gasteiger partial charge in [0, 0.05) is 23.7 Å². The molecule has 0 unspecified atom stereocenters. The van der Waals surface area contributed by atoms with Crippen LogP contribution in [0.4, 0.5) is 5.69 Å². The normalized spacial score (nSPS) is 18.5. The van der Waals surface area contributed by atoms with E-state index in [0.717, 1.165) is 53.4 Å². The van der Waals surface area contributed by atoms with Gasteiger partial charge in [-0.15, -0.1) is 12.4 Å². The summed E-state index contributed by atoms with van der Waals surface area (Å²) >= 11 is 12.2. The van der Waals surface area contributed by atoms with Gasteiger partial charge in [-0.05, 0) is 68.0 Å². The fourth-order valence-electron chi connectivity index (χ4n) is 3.99. The minimum atomic E-state index is -0.138. The number of hydrogen-bond donors (Lipinski definition) is 3. The van der Waals surface area contributed by atoms with Crippen LogP contribution in [0.2, 0.25) is 10.0 Å². The van der Waals surface area contributed by atoms with Crippen molar-refractivity contribution in [2.24, 2.45) is 5.73 Å². The van der Waals surface area contributed by atoms with Crippen LogP contribution in [-0.2, 0) is 0 Å². The number of pyridine rings is 1. The van der Waals surface area contributed by atoms with Crippen molar-refractivity contribution >= 4 is 58.0 Å². The number of phenols is 1. The van der Waals surface area contributed by atoms with Crippen molar-refractivity contribution in [2.75, 3.05) is 5.32 Å². The van der Waals surface area contributed by atoms with Crippen LogP contribution < -0.4 is 11.1 Å². The first-order valence-electron chi connectivity index (χ1n) is 9.97. The summed E-state index contributed by atoms with van der Waals surface area (Å²) < 4.78 is 0. The molecule has 164 valence electrons. The lowest BCUT2D eigenvalue weighted by Gasteiger charge is -2.28. The number of anilines is 1. The quantitative estimate of drug-likeness (QED) is 0.386. The number of nitrogens with one attached hydrogen (secondary N) is 1. The van der Waals surface area contributed by atoms with Gasteiger partial charge in [-0.25, -0.2) is 0 Å². The van der Waals surface area contributed by atoms with E-state index in [1.165, 1.54) is 0 Å². The van der Waals surface area contributed by atoms with E-state index in [2.05, 4.69) is 10.3 Å². The van der Waals surface area contributed by atoms with Crippen LogP contribution in [0, 0.1) is 0 Å². The number of benzene rings is 2. The molecule has 0 bridgehead atoms. The number of rotatable bonds is 4. The van der Waals surface area contributed by atoms with E-state index in [-0.39, 0.29) is 46.1 Å². The molecule has 0 atom stereocenters. The van der Waals surface area contributed by atoms with E-state index in [1.807, 2.05) is 18.2 Å². The number of halogens is 3. The molecule has 0 amide bonds. The highest BCUT2D eigenvalue weighted by atomic mass is 35.5. The zero-order valence-electron chi connectivity index (χ0n) is 17.0. The van der Waals surface area contributed by atoms with E-state index in [1.54, 1.807) is 25.3 Å². The number of nitrogens with zero attached hydrogens (tertiary/aromatic N) is 1. The molecule has 1 aromatic heterocycles. The topological polar surface area (TPSA) is 88.2 Å². The van der Waals surface area contributed by atoms with Gasteiger partial charge in [-0.1, -0.05) is 29.3 Å². The lowest BCUT2D eigenvalue weighted by molar-refractivity contribution is 0.101. The third-order valence-electron chi connectivity index (χ3n) is 5.72. The van der Waals surface area contributed by atoms with Crippen LogP contribution in [0.1, 0.15) is 43.0 Å². The van der Waals surface area contributed by atoms with Gasteiger partial charge in [0.2, 0.25) is 0 Å². The maximum Gasteiger partial charge on any atom is 0.163 e. The molecule has 1 heterocycles. The van der Waals surface area contributed by atoms with Crippen LogP contribution >= 0.6 is 35.6 Å². The van der Waals surface area contributed by atoms with Crippen LogP contribution in [0.15, 0.2) is 36.5 Å². The Hall–Kier alpha value is -2.05. The molecule has 0 saturated heterocycles. The lowest BCUT2D eigenvalue weighted by Crippen LogP contribution is -2.33. The summed E-state index contributed by atoms with van der Waals surface area (Å²) in [5.74, 6) is -0.179. The molecule has 4 N–H and O–H groups in total. The predicted octanol–water partition coefficient (Wildman–Crippen LogP) is 6.22. The second-order valence-corrected chi connectivity index (χ2v) is 8.69. The maximum absolute atomic E-state index is 12.3. The van der Waals surface area contributed by atoms with Crippen LogP contribution in [0.25, 0.3) is 22.0 Å². The van der Waals surface area contributed by atoms with Gasteiger partial charge in [0.05, 0.1) is 26.8 Å². The zero-order valence-corrected chi connectivity index (χ0v) is 19.3. The molecule has 8 heteroatoms. The van der Waals surface area contributed by atoms with Gasteiger partial charge in [0.15, 0.2) is 11.5 Å². The molecule has 4 rings (SSSR count). The molecular formula is C23H24Cl3N3O2. The van der Waals surface area contributed by atoms with Crippen molar-refractivity contribution in [2.45, 2.75) is 44.7 Å². The second kappa shape index (κ2) is 9.61. The summed E-state index contributed by atoms with van der Waals surface area (Å²) in [7, 11) is 0. The number of phenolic OH excluding ortho intramolecular Hbond substituents is 1. The van der Waals surface area contributed by atoms with Crippen molar-refractivity contribution in [1.82, 2.24) is 4.98 Å². The standard InChI is InChI=1S/C23H23Cl2N3O2.ClH/c1-12(29)18-11-27-21-7-2-13(14-9-19(24)23(30)20(25)10-14)8-17(21)22(18)28-16-5-3-15(26)4-6-16;/h2,7-11,15-16,30H,3-6,26H2,1H3,(H,27,28);1H. The molecule has 1 saturated carbocycles. The van der Waals surface area contributed by atoms with Gasteiger partial charge in [0.1, 0.15) is 0 Å². The Morgan fingerprint density at radius 3 is 2.35 bits per heavy atom. The molecule has 5 nitrogen and oxygen atoms in total. The summed E-state index contributed by atoms with van der Waals surface area (Å²) in [4.78, 5) is 16.8. The minimum absolute atomic E-state index is 0. The average Bonchev–Trinajstić information content (AvgIpc) is 2.73. The Labute approximate surface area is 197 Å². The van der Waals surface area contributed by atoms with Crippen molar-refractivity contribution in [3.8, 4) is 16.9 Å². The summed E-state index contributed by atoms with van der Waals surface area (Å²) in [6.07, 6.45) is 5.49.